The zero-order valence-corrected chi connectivity index (χ0v) is 12.8. The maximum absolute atomic E-state index is 12.2. The van der Waals surface area contributed by atoms with E-state index in [0.29, 0.717) is 10.8 Å². The summed E-state index contributed by atoms with van der Waals surface area (Å²) in [5.74, 6) is 2.03. The SMILES string of the molecule is CNCc1ccc(S(=O)(=O)NC2CCCSC2)s1. The van der Waals surface area contributed by atoms with Crippen LogP contribution < -0.4 is 10.0 Å². The number of rotatable bonds is 5. The predicted octanol–water partition coefficient (Wildman–Crippen LogP) is 1.64. The van der Waals surface area contributed by atoms with Crippen molar-refractivity contribution in [3.63, 3.8) is 0 Å². The summed E-state index contributed by atoms with van der Waals surface area (Å²) in [7, 11) is -1.48. The van der Waals surface area contributed by atoms with E-state index >= 15 is 0 Å². The molecule has 1 aromatic heterocycles. The second kappa shape index (κ2) is 6.38. The second-order valence-corrected chi connectivity index (χ2v) is 8.55. The molecule has 0 saturated carbocycles. The molecule has 1 aromatic rings. The van der Waals surface area contributed by atoms with Crippen molar-refractivity contribution < 1.29 is 8.42 Å². The molecule has 2 N–H and O–H groups in total. The molecule has 0 radical (unpaired) electrons. The van der Waals surface area contributed by atoms with Gasteiger partial charge in [-0.3, -0.25) is 0 Å². The van der Waals surface area contributed by atoms with Gasteiger partial charge in [0.05, 0.1) is 0 Å². The molecule has 2 rings (SSSR count). The first-order chi connectivity index (χ1) is 8.62. The van der Waals surface area contributed by atoms with Crippen molar-refractivity contribution in [2.45, 2.75) is 29.6 Å². The molecule has 7 heteroatoms. The van der Waals surface area contributed by atoms with Gasteiger partial charge in [-0.05, 0) is 37.8 Å². The molecular weight excluding hydrogens is 288 g/mol. The van der Waals surface area contributed by atoms with E-state index in [2.05, 4.69) is 10.0 Å². The summed E-state index contributed by atoms with van der Waals surface area (Å²) in [5, 5.41) is 3.02. The highest BCUT2D eigenvalue weighted by Gasteiger charge is 2.23. The van der Waals surface area contributed by atoms with Crippen molar-refractivity contribution in [3.8, 4) is 0 Å². The van der Waals surface area contributed by atoms with Gasteiger partial charge in [0, 0.05) is 23.2 Å². The third kappa shape index (κ3) is 3.71. The van der Waals surface area contributed by atoms with E-state index in [9.17, 15) is 8.42 Å². The molecule has 1 atom stereocenters. The average molecular weight is 306 g/mol. The molecule has 2 heterocycles. The van der Waals surface area contributed by atoms with Crippen LogP contribution in [0.4, 0.5) is 0 Å². The Hall–Kier alpha value is -0.0800. The van der Waals surface area contributed by atoms with Gasteiger partial charge in [0.1, 0.15) is 4.21 Å². The van der Waals surface area contributed by atoms with Crippen molar-refractivity contribution in [2.75, 3.05) is 18.6 Å². The Morgan fingerprint density at radius 3 is 2.94 bits per heavy atom. The van der Waals surface area contributed by atoms with Crippen LogP contribution >= 0.6 is 23.1 Å². The minimum atomic E-state index is -3.33. The van der Waals surface area contributed by atoms with Crippen LogP contribution in [0.15, 0.2) is 16.3 Å². The quantitative estimate of drug-likeness (QED) is 0.868. The Kier molecular flexibility index (Phi) is 5.08. The average Bonchev–Trinajstić information content (AvgIpc) is 2.80. The fourth-order valence-corrected chi connectivity index (χ4v) is 5.72. The predicted molar refractivity (Wildman–Crippen MR) is 77.8 cm³/mol. The maximum Gasteiger partial charge on any atom is 0.250 e. The second-order valence-electron chi connectivity index (χ2n) is 4.29. The van der Waals surface area contributed by atoms with Gasteiger partial charge in [-0.15, -0.1) is 11.3 Å². The lowest BCUT2D eigenvalue weighted by molar-refractivity contribution is 0.545. The standard InChI is InChI=1S/C11H18N2O2S3/c1-12-7-10-4-5-11(17-10)18(14,15)13-9-3-2-6-16-8-9/h4-5,9,12-13H,2-3,6-8H2,1H3. The monoisotopic (exact) mass is 306 g/mol. The molecule has 4 nitrogen and oxygen atoms in total. The lowest BCUT2D eigenvalue weighted by atomic mass is 10.2. The van der Waals surface area contributed by atoms with Gasteiger partial charge in [-0.1, -0.05) is 0 Å². The lowest BCUT2D eigenvalue weighted by Crippen LogP contribution is -2.37. The number of thioether (sulfide) groups is 1. The van der Waals surface area contributed by atoms with E-state index in [1.807, 2.05) is 24.9 Å². The fourth-order valence-electron chi connectivity index (χ4n) is 1.88. The molecule has 1 aliphatic rings. The van der Waals surface area contributed by atoms with E-state index < -0.39 is 10.0 Å². The largest absolute Gasteiger partial charge is 0.315 e. The van der Waals surface area contributed by atoms with Crippen LogP contribution in [0.1, 0.15) is 17.7 Å². The highest BCUT2D eigenvalue weighted by molar-refractivity contribution is 7.99. The highest BCUT2D eigenvalue weighted by atomic mass is 32.2. The molecule has 1 saturated heterocycles. The van der Waals surface area contributed by atoms with Crippen molar-refractivity contribution >= 4 is 33.1 Å². The third-order valence-electron chi connectivity index (χ3n) is 2.73. The van der Waals surface area contributed by atoms with Crippen LogP contribution in [0, 0.1) is 0 Å². The van der Waals surface area contributed by atoms with Gasteiger partial charge in [-0.2, -0.15) is 11.8 Å². The molecule has 1 unspecified atom stereocenters. The summed E-state index contributed by atoms with van der Waals surface area (Å²) in [6.45, 7) is 0.708. The van der Waals surface area contributed by atoms with Crippen LogP contribution in [-0.4, -0.2) is 33.0 Å². The zero-order chi connectivity index (χ0) is 13.0. The van der Waals surface area contributed by atoms with Crippen LogP contribution in [-0.2, 0) is 16.6 Å². The molecule has 1 fully saturated rings. The number of sulfonamides is 1. The molecule has 0 spiro atoms. The molecule has 102 valence electrons. The summed E-state index contributed by atoms with van der Waals surface area (Å²) >= 11 is 3.15. The van der Waals surface area contributed by atoms with Gasteiger partial charge >= 0.3 is 0 Å². The molecule has 0 aromatic carbocycles. The van der Waals surface area contributed by atoms with E-state index in [-0.39, 0.29) is 6.04 Å². The van der Waals surface area contributed by atoms with Crippen LogP contribution in [0.2, 0.25) is 0 Å². The molecule has 0 bridgehead atoms. The lowest BCUT2D eigenvalue weighted by Gasteiger charge is -2.21. The number of thiophene rings is 1. The van der Waals surface area contributed by atoms with Crippen molar-refractivity contribution in [2.24, 2.45) is 0 Å². The Morgan fingerprint density at radius 1 is 1.44 bits per heavy atom. The minimum Gasteiger partial charge on any atom is -0.315 e. The van der Waals surface area contributed by atoms with Crippen molar-refractivity contribution in [1.29, 1.82) is 0 Å². The number of hydrogen-bond donors (Lipinski definition) is 2. The first kappa shape index (κ1) is 14.3. The maximum atomic E-state index is 12.2. The zero-order valence-electron chi connectivity index (χ0n) is 10.3. The Bertz CT molecular complexity index is 478. The van der Waals surface area contributed by atoms with E-state index in [0.717, 1.165) is 29.2 Å². The molecule has 18 heavy (non-hydrogen) atoms. The van der Waals surface area contributed by atoms with Crippen molar-refractivity contribution in [3.05, 3.63) is 17.0 Å². The Morgan fingerprint density at radius 2 is 2.28 bits per heavy atom. The van der Waals surface area contributed by atoms with Crippen molar-refractivity contribution in [1.82, 2.24) is 10.0 Å². The highest BCUT2D eigenvalue weighted by Crippen LogP contribution is 2.24. The summed E-state index contributed by atoms with van der Waals surface area (Å²) in [4.78, 5) is 1.04. The van der Waals surface area contributed by atoms with Gasteiger partial charge in [-0.25, -0.2) is 13.1 Å². The van der Waals surface area contributed by atoms with Crippen LogP contribution in [0.5, 0.6) is 0 Å². The fraction of sp³-hybridized carbons (Fsp3) is 0.636. The Labute approximate surface area is 117 Å². The van der Waals surface area contributed by atoms with Crippen LogP contribution in [0.25, 0.3) is 0 Å². The van der Waals surface area contributed by atoms with Gasteiger partial charge in [0.25, 0.3) is 0 Å². The summed E-state index contributed by atoms with van der Waals surface area (Å²) in [6, 6.07) is 3.64. The van der Waals surface area contributed by atoms with Gasteiger partial charge in [0.2, 0.25) is 10.0 Å². The first-order valence-corrected chi connectivity index (χ1v) is 9.40. The van der Waals surface area contributed by atoms with Gasteiger partial charge in [0.15, 0.2) is 0 Å². The van der Waals surface area contributed by atoms with E-state index in [1.165, 1.54) is 11.3 Å². The minimum absolute atomic E-state index is 0.0867. The summed E-state index contributed by atoms with van der Waals surface area (Å²) in [6.07, 6.45) is 2.04. The number of hydrogen-bond acceptors (Lipinski definition) is 5. The smallest absolute Gasteiger partial charge is 0.250 e. The molecule has 1 aliphatic heterocycles. The van der Waals surface area contributed by atoms with E-state index in [1.54, 1.807) is 6.07 Å². The van der Waals surface area contributed by atoms with E-state index in [4.69, 9.17) is 0 Å². The molecular formula is C11H18N2O2S3. The Balaban J connectivity index is 2.04. The van der Waals surface area contributed by atoms with Gasteiger partial charge < -0.3 is 5.32 Å². The summed E-state index contributed by atoms with van der Waals surface area (Å²) in [5.41, 5.74) is 0. The first-order valence-electron chi connectivity index (χ1n) is 5.95. The third-order valence-corrected chi connectivity index (χ3v) is 7.05. The normalized spacial score (nSPS) is 21.1. The topological polar surface area (TPSA) is 58.2 Å². The molecule has 0 aliphatic carbocycles. The van der Waals surface area contributed by atoms with Crippen LogP contribution in [0.3, 0.4) is 0 Å². The molecule has 0 amide bonds. The number of nitrogens with one attached hydrogen (secondary N) is 2. The summed E-state index contributed by atoms with van der Waals surface area (Å²) < 4.78 is 27.6.